The van der Waals surface area contributed by atoms with Gasteiger partial charge < -0.3 is 16.0 Å². The molecular formula is C21H30ClN3O2. The standard InChI is InChI=1S/C21H29N3O2.ClH/c22-19-17-7-6-16(12-17)18(19)21(26)24-10-8-15(9-11-24)20(25)23-13-14-4-2-1-3-5-14;/h1-5,15-19H,6-13,22H2,(H,23,25);1H. The molecule has 3 fully saturated rings. The Kier molecular flexibility index (Phi) is 6.43. The zero-order chi connectivity index (χ0) is 18.1. The van der Waals surface area contributed by atoms with Gasteiger partial charge in [-0.15, -0.1) is 12.4 Å². The number of hydrogen-bond acceptors (Lipinski definition) is 3. The van der Waals surface area contributed by atoms with Gasteiger partial charge in [-0.25, -0.2) is 0 Å². The number of carbonyl (C=O) groups excluding carboxylic acids is 2. The second kappa shape index (κ2) is 8.61. The number of likely N-dealkylation sites (tertiary alicyclic amines) is 1. The molecule has 3 N–H and O–H groups in total. The van der Waals surface area contributed by atoms with Gasteiger partial charge in [-0.05, 0) is 49.5 Å². The highest BCUT2D eigenvalue weighted by atomic mass is 35.5. The lowest BCUT2D eigenvalue weighted by molar-refractivity contribution is -0.141. The van der Waals surface area contributed by atoms with Crippen molar-refractivity contribution in [1.82, 2.24) is 10.2 Å². The zero-order valence-corrected chi connectivity index (χ0v) is 16.5. The SMILES string of the molecule is Cl.NC1C2CCC(C2)C1C(=O)N1CCC(C(=O)NCc2ccccc2)CC1. The number of amides is 2. The minimum absolute atomic E-state index is 0. The van der Waals surface area contributed by atoms with Crippen molar-refractivity contribution in [2.45, 2.75) is 44.7 Å². The van der Waals surface area contributed by atoms with Crippen molar-refractivity contribution in [1.29, 1.82) is 0 Å². The van der Waals surface area contributed by atoms with Gasteiger partial charge in [0.1, 0.15) is 0 Å². The molecule has 27 heavy (non-hydrogen) atoms. The second-order valence-corrected chi connectivity index (χ2v) is 8.24. The van der Waals surface area contributed by atoms with Crippen LogP contribution in [0.2, 0.25) is 0 Å². The van der Waals surface area contributed by atoms with E-state index in [0.29, 0.717) is 31.5 Å². The molecule has 6 heteroatoms. The van der Waals surface area contributed by atoms with Crippen LogP contribution in [0.5, 0.6) is 0 Å². The largest absolute Gasteiger partial charge is 0.352 e. The fraction of sp³-hybridized carbons (Fsp3) is 0.619. The first kappa shape index (κ1) is 20.2. The first-order valence-electron chi connectivity index (χ1n) is 9.99. The van der Waals surface area contributed by atoms with E-state index in [4.69, 9.17) is 5.73 Å². The van der Waals surface area contributed by atoms with Gasteiger partial charge in [-0.1, -0.05) is 30.3 Å². The third kappa shape index (κ3) is 4.14. The van der Waals surface area contributed by atoms with Crippen molar-refractivity contribution < 1.29 is 9.59 Å². The minimum atomic E-state index is 0. The third-order valence-corrected chi connectivity index (χ3v) is 6.75. The molecule has 1 aromatic carbocycles. The van der Waals surface area contributed by atoms with Crippen molar-refractivity contribution in [2.75, 3.05) is 13.1 Å². The van der Waals surface area contributed by atoms with E-state index in [9.17, 15) is 9.59 Å². The van der Waals surface area contributed by atoms with Crippen molar-refractivity contribution >= 4 is 24.2 Å². The molecule has 5 nitrogen and oxygen atoms in total. The lowest BCUT2D eigenvalue weighted by Crippen LogP contribution is -2.50. The molecular weight excluding hydrogens is 362 g/mol. The van der Waals surface area contributed by atoms with Crippen LogP contribution in [0.3, 0.4) is 0 Å². The number of nitrogens with two attached hydrogens (primary N) is 1. The van der Waals surface area contributed by atoms with E-state index in [-0.39, 0.29) is 42.1 Å². The number of rotatable bonds is 4. The number of halogens is 1. The molecule has 4 atom stereocenters. The molecule has 0 spiro atoms. The molecule has 3 aliphatic rings. The van der Waals surface area contributed by atoms with E-state index in [2.05, 4.69) is 5.32 Å². The van der Waals surface area contributed by atoms with Gasteiger partial charge >= 0.3 is 0 Å². The zero-order valence-electron chi connectivity index (χ0n) is 15.7. The molecule has 148 valence electrons. The molecule has 0 aromatic heterocycles. The summed E-state index contributed by atoms with van der Waals surface area (Å²) in [4.78, 5) is 27.3. The molecule has 2 amide bonds. The maximum absolute atomic E-state index is 12.9. The van der Waals surface area contributed by atoms with E-state index in [1.54, 1.807) is 0 Å². The van der Waals surface area contributed by atoms with Gasteiger partial charge in [-0.3, -0.25) is 9.59 Å². The number of piperidine rings is 1. The summed E-state index contributed by atoms with van der Waals surface area (Å²) in [7, 11) is 0. The summed E-state index contributed by atoms with van der Waals surface area (Å²) in [5, 5.41) is 3.03. The van der Waals surface area contributed by atoms with Crippen LogP contribution in [0.4, 0.5) is 0 Å². The molecule has 4 unspecified atom stereocenters. The Hall–Kier alpha value is -1.59. The van der Waals surface area contributed by atoms with Crippen molar-refractivity contribution in [2.24, 2.45) is 29.4 Å². The number of hydrogen-bond donors (Lipinski definition) is 2. The molecule has 2 aliphatic carbocycles. The van der Waals surface area contributed by atoms with E-state index in [1.807, 2.05) is 35.2 Å². The Balaban J connectivity index is 0.00000210. The van der Waals surface area contributed by atoms with Crippen molar-refractivity contribution in [3.8, 4) is 0 Å². The highest BCUT2D eigenvalue weighted by Gasteiger charge is 2.50. The minimum Gasteiger partial charge on any atom is -0.352 e. The highest BCUT2D eigenvalue weighted by Crippen LogP contribution is 2.48. The maximum Gasteiger partial charge on any atom is 0.227 e. The number of fused-ring (bicyclic) bond motifs is 2. The number of carbonyl (C=O) groups is 2. The van der Waals surface area contributed by atoms with Crippen LogP contribution >= 0.6 is 12.4 Å². The first-order valence-corrected chi connectivity index (χ1v) is 9.99. The topological polar surface area (TPSA) is 75.4 Å². The Morgan fingerprint density at radius 1 is 1.04 bits per heavy atom. The number of nitrogens with one attached hydrogen (secondary N) is 1. The lowest BCUT2D eigenvalue weighted by atomic mass is 9.83. The molecule has 1 aliphatic heterocycles. The Morgan fingerprint density at radius 2 is 1.70 bits per heavy atom. The monoisotopic (exact) mass is 391 g/mol. The van der Waals surface area contributed by atoms with Gasteiger partial charge in [0, 0.05) is 31.6 Å². The Morgan fingerprint density at radius 3 is 2.33 bits per heavy atom. The second-order valence-electron chi connectivity index (χ2n) is 8.24. The summed E-state index contributed by atoms with van der Waals surface area (Å²) in [5.74, 6) is 1.43. The molecule has 4 rings (SSSR count). The van der Waals surface area contributed by atoms with Crippen LogP contribution in [0.25, 0.3) is 0 Å². The van der Waals surface area contributed by atoms with Crippen molar-refractivity contribution in [3.05, 3.63) is 35.9 Å². The van der Waals surface area contributed by atoms with E-state index in [1.165, 1.54) is 6.42 Å². The van der Waals surface area contributed by atoms with Gasteiger partial charge in [0.2, 0.25) is 11.8 Å². The fourth-order valence-electron chi connectivity index (χ4n) is 5.20. The summed E-state index contributed by atoms with van der Waals surface area (Å²) in [5.41, 5.74) is 7.44. The summed E-state index contributed by atoms with van der Waals surface area (Å²) in [6.07, 6.45) is 4.99. The van der Waals surface area contributed by atoms with Gasteiger partial charge in [0.15, 0.2) is 0 Å². The van der Waals surface area contributed by atoms with Crippen LogP contribution in [-0.4, -0.2) is 35.8 Å². The predicted octanol–water partition coefficient (Wildman–Crippen LogP) is 2.34. The summed E-state index contributed by atoms with van der Waals surface area (Å²) in [6, 6.07) is 10.0. The van der Waals surface area contributed by atoms with E-state index in [0.717, 1.165) is 31.2 Å². The van der Waals surface area contributed by atoms with E-state index < -0.39 is 0 Å². The summed E-state index contributed by atoms with van der Waals surface area (Å²) < 4.78 is 0. The van der Waals surface area contributed by atoms with Crippen molar-refractivity contribution in [3.63, 3.8) is 0 Å². The maximum atomic E-state index is 12.9. The van der Waals surface area contributed by atoms with Crippen LogP contribution in [0.1, 0.15) is 37.7 Å². The number of nitrogens with zero attached hydrogens (tertiary/aromatic N) is 1. The summed E-state index contributed by atoms with van der Waals surface area (Å²) >= 11 is 0. The molecule has 1 saturated heterocycles. The molecule has 1 aromatic rings. The third-order valence-electron chi connectivity index (χ3n) is 6.75. The smallest absolute Gasteiger partial charge is 0.227 e. The van der Waals surface area contributed by atoms with Gasteiger partial charge in [0.05, 0.1) is 5.92 Å². The average Bonchev–Trinajstić information content (AvgIpc) is 3.28. The van der Waals surface area contributed by atoms with E-state index >= 15 is 0 Å². The summed E-state index contributed by atoms with van der Waals surface area (Å²) in [6.45, 7) is 1.94. The fourth-order valence-corrected chi connectivity index (χ4v) is 5.20. The average molecular weight is 392 g/mol. The van der Waals surface area contributed by atoms with Crippen LogP contribution < -0.4 is 11.1 Å². The van der Waals surface area contributed by atoms with Gasteiger partial charge in [-0.2, -0.15) is 0 Å². The Bertz CT molecular complexity index is 659. The number of benzene rings is 1. The van der Waals surface area contributed by atoms with Crippen LogP contribution in [0, 0.1) is 23.7 Å². The predicted molar refractivity (Wildman–Crippen MR) is 107 cm³/mol. The molecule has 2 bridgehead atoms. The first-order chi connectivity index (χ1) is 12.6. The molecule has 0 radical (unpaired) electrons. The lowest BCUT2D eigenvalue weighted by Gasteiger charge is -2.36. The van der Waals surface area contributed by atoms with Crippen LogP contribution in [0.15, 0.2) is 30.3 Å². The normalized spacial score (nSPS) is 30.0. The Labute approximate surface area is 167 Å². The molecule has 1 heterocycles. The highest BCUT2D eigenvalue weighted by molar-refractivity contribution is 5.85. The molecule has 2 saturated carbocycles. The van der Waals surface area contributed by atoms with Crippen LogP contribution in [-0.2, 0) is 16.1 Å². The quantitative estimate of drug-likeness (QED) is 0.827. The van der Waals surface area contributed by atoms with Gasteiger partial charge in [0.25, 0.3) is 0 Å².